The minimum atomic E-state index is -0.600. The van der Waals surface area contributed by atoms with Crippen LogP contribution >= 0.6 is 0 Å². The molecule has 1 rings (SSSR count). The fourth-order valence-electron chi connectivity index (χ4n) is 2.42. The van der Waals surface area contributed by atoms with Crippen molar-refractivity contribution in [1.29, 1.82) is 0 Å². The molecule has 0 fully saturated rings. The van der Waals surface area contributed by atoms with Gasteiger partial charge >= 0.3 is 0 Å². The third kappa shape index (κ3) is 3.62. The van der Waals surface area contributed by atoms with E-state index in [0.717, 1.165) is 0 Å². The van der Waals surface area contributed by atoms with Crippen molar-refractivity contribution in [2.75, 3.05) is 0 Å². The molecule has 1 aliphatic rings. The topological polar surface area (TPSA) is 0 Å². The summed E-state index contributed by atoms with van der Waals surface area (Å²) in [7, 11) is -0.600. The van der Waals surface area contributed by atoms with Crippen LogP contribution in [0.3, 0.4) is 0 Å². The Morgan fingerprint density at radius 3 is 2.25 bits per heavy atom. The van der Waals surface area contributed by atoms with Gasteiger partial charge < -0.3 is 0 Å². The van der Waals surface area contributed by atoms with Crippen molar-refractivity contribution in [1.82, 2.24) is 0 Å². The van der Waals surface area contributed by atoms with Crippen LogP contribution in [0.15, 0.2) is 16.3 Å². The second kappa shape index (κ2) is 7.11. The van der Waals surface area contributed by atoms with Gasteiger partial charge in [-0.05, 0) is 49.3 Å². The van der Waals surface area contributed by atoms with Crippen LogP contribution < -0.4 is 0 Å². The number of allylic oxidation sites excluding steroid dienone is 4. The van der Waals surface area contributed by atoms with Gasteiger partial charge in [0.2, 0.25) is 0 Å². The maximum Gasteiger partial charge on any atom is 0.0603 e. The molecular weight excluding hydrogens is 208 g/mol. The second-order valence-corrected chi connectivity index (χ2v) is 8.20. The minimum absolute atomic E-state index is 0.600. The summed E-state index contributed by atoms with van der Waals surface area (Å²) in [6, 6.07) is 0. The van der Waals surface area contributed by atoms with Crippen molar-refractivity contribution in [2.24, 2.45) is 0 Å². The fraction of sp³-hybridized carbons (Fsp3) is 0.733. The highest BCUT2D eigenvalue weighted by atomic mass is 28.3. The van der Waals surface area contributed by atoms with Crippen molar-refractivity contribution >= 4 is 8.80 Å². The molecule has 0 saturated heterocycles. The molecule has 0 amide bonds. The molecule has 0 nitrogen and oxygen atoms in total. The molecule has 91 valence electrons. The van der Waals surface area contributed by atoms with Gasteiger partial charge in [0.05, 0.1) is 8.80 Å². The fourth-order valence-corrected chi connectivity index (χ4v) is 3.95. The van der Waals surface area contributed by atoms with E-state index >= 15 is 0 Å². The van der Waals surface area contributed by atoms with Gasteiger partial charge in [-0.3, -0.25) is 0 Å². The van der Waals surface area contributed by atoms with E-state index in [1.54, 1.807) is 16.3 Å². The Morgan fingerprint density at radius 1 is 1.06 bits per heavy atom. The van der Waals surface area contributed by atoms with Crippen LogP contribution in [-0.4, -0.2) is 8.80 Å². The standard InChI is InChI=1S/C15H27Si/c1-5-7-9-13-11-12-15(16(3)4)14(13)10-8-6-2/h16H,5-10,12H2,1-4H3. The molecule has 1 heteroatoms. The van der Waals surface area contributed by atoms with Crippen LogP contribution in [0.5, 0.6) is 0 Å². The van der Waals surface area contributed by atoms with Crippen LogP contribution in [-0.2, 0) is 0 Å². The Kier molecular flexibility index (Phi) is 6.11. The van der Waals surface area contributed by atoms with E-state index in [1.165, 1.54) is 44.9 Å². The molecule has 0 N–H and O–H groups in total. The molecule has 0 aromatic rings. The maximum absolute atomic E-state index is 3.66. The first-order valence-electron chi connectivity index (χ1n) is 7.02. The first kappa shape index (κ1) is 13.8. The van der Waals surface area contributed by atoms with E-state index < -0.39 is 8.80 Å². The number of unbranched alkanes of at least 4 members (excludes halogenated alkanes) is 2. The molecule has 0 aromatic carbocycles. The molecule has 0 heterocycles. The largest absolute Gasteiger partial charge is 0.0769 e. The van der Waals surface area contributed by atoms with Crippen molar-refractivity contribution in [3.05, 3.63) is 22.4 Å². The lowest BCUT2D eigenvalue weighted by Crippen LogP contribution is -2.06. The number of hydrogen-bond donors (Lipinski definition) is 0. The van der Waals surface area contributed by atoms with E-state index in [1.807, 2.05) is 0 Å². The maximum atomic E-state index is 3.66. The third-order valence-electron chi connectivity index (χ3n) is 3.50. The molecule has 0 atom stereocenters. The molecule has 0 spiro atoms. The van der Waals surface area contributed by atoms with Gasteiger partial charge in [0.1, 0.15) is 0 Å². The Hall–Kier alpha value is -0.303. The van der Waals surface area contributed by atoms with Crippen molar-refractivity contribution in [3.8, 4) is 0 Å². The lowest BCUT2D eigenvalue weighted by Gasteiger charge is -2.13. The first-order valence-corrected chi connectivity index (χ1v) is 9.91. The van der Waals surface area contributed by atoms with E-state index in [2.05, 4.69) is 33.0 Å². The van der Waals surface area contributed by atoms with Gasteiger partial charge in [0, 0.05) is 0 Å². The Morgan fingerprint density at radius 2 is 1.69 bits per heavy atom. The van der Waals surface area contributed by atoms with Crippen LogP contribution in [0, 0.1) is 6.08 Å². The van der Waals surface area contributed by atoms with Crippen LogP contribution in [0.2, 0.25) is 13.1 Å². The zero-order valence-electron chi connectivity index (χ0n) is 11.5. The van der Waals surface area contributed by atoms with Gasteiger partial charge in [-0.15, -0.1) is 0 Å². The lowest BCUT2D eigenvalue weighted by atomic mass is 9.99. The van der Waals surface area contributed by atoms with Crippen molar-refractivity contribution < 1.29 is 0 Å². The molecule has 0 bridgehead atoms. The van der Waals surface area contributed by atoms with Gasteiger partial charge in [0.25, 0.3) is 0 Å². The summed E-state index contributed by atoms with van der Waals surface area (Å²) in [5.41, 5.74) is 3.32. The lowest BCUT2D eigenvalue weighted by molar-refractivity contribution is 0.754. The molecule has 0 saturated carbocycles. The molecule has 16 heavy (non-hydrogen) atoms. The first-order chi connectivity index (χ1) is 7.70. The monoisotopic (exact) mass is 235 g/mol. The van der Waals surface area contributed by atoms with Crippen LogP contribution in [0.4, 0.5) is 0 Å². The summed E-state index contributed by atoms with van der Waals surface area (Å²) in [5.74, 6) is 0. The SMILES string of the molecule is CCCCC1=[C]CC([SiH](C)C)=C1CCCC. The van der Waals surface area contributed by atoms with Crippen LogP contribution in [0.25, 0.3) is 0 Å². The average molecular weight is 235 g/mol. The summed E-state index contributed by atoms with van der Waals surface area (Å²) >= 11 is 0. The number of hydrogen-bond acceptors (Lipinski definition) is 0. The Bertz CT molecular complexity index is 271. The smallest absolute Gasteiger partial charge is 0.0603 e. The van der Waals surface area contributed by atoms with Gasteiger partial charge in [-0.25, -0.2) is 0 Å². The van der Waals surface area contributed by atoms with Crippen molar-refractivity contribution in [2.45, 2.75) is 71.9 Å². The average Bonchev–Trinajstić information content (AvgIpc) is 2.66. The Balaban J connectivity index is 2.70. The normalized spacial score (nSPS) is 16.2. The molecule has 0 unspecified atom stereocenters. The third-order valence-corrected chi connectivity index (χ3v) is 5.45. The summed E-state index contributed by atoms with van der Waals surface area (Å²) in [4.78, 5) is 0. The zero-order chi connectivity index (χ0) is 12.0. The Labute approximate surface area is 103 Å². The second-order valence-electron chi connectivity index (χ2n) is 5.20. The summed E-state index contributed by atoms with van der Waals surface area (Å²) in [5, 5.41) is 1.81. The molecule has 0 aliphatic heterocycles. The number of rotatable bonds is 7. The predicted octanol–water partition coefficient (Wildman–Crippen LogP) is 4.82. The molecule has 1 radical (unpaired) electrons. The van der Waals surface area contributed by atoms with E-state index in [4.69, 9.17) is 0 Å². The van der Waals surface area contributed by atoms with Crippen molar-refractivity contribution in [3.63, 3.8) is 0 Å². The quantitative estimate of drug-likeness (QED) is 0.555. The van der Waals surface area contributed by atoms with E-state index in [9.17, 15) is 0 Å². The minimum Gasteiger partial charge on any atom is -0.0769 e. The highest BCUT2D eigenvalue weighted by Crippen LogP contribution is 2.33. The highest BCUT2D eigenvalue weighted by Gasteiger charge is 2.19. The highest BCUT2D eigenvalue weighted by molar-refractivity contribution is 6.64. The van der Waals surface area contributed by atoms with Crippen LogP contribution in [0.1, 0.15) is 58.8 Å². The molecular formula is C15H27Si. The van der Waals surface area contributed by atoms with Gasteiger partial charge in [-0.2, -0.15) is 0 Å². The zero-order valence-corrected chi connectivity index (χ0v) is 12.7. The molecule has 1 aliphatic carbocycles. The van der Waals surface area contributed by atoms with Gasteiger partial charge in [-0.1, -0.05) is 45.0 Å². The molecule has 0 aromatic heterocycles. The summed E-state index contributed by atoms with van der Waals surface area (Å²) in [6.07, 6.45) is 12.7. The van der Waals surface area contributed by atoms with Gasteiger partial charge in [0.15, 0.2) is 0 Å². The summed E-state index contributed by atoms with van der Waals surface area (Å²) < 4.78 is 0. The summed E-state index contributed by atoms with van der Waals surface area (Å²) in [6.45, 7) is 9.50. The van der Waals surface area contributed by atoms with E-state index in [-0.39, 0.29) is 0 Å². The van der Waals surface area contributed by atoms with E-state index in [0.29, 0.717) is 0 Å². The predicted molar refractivity (Wildman–Crippen MR) is 76.3 cm³/mol.